The van der Waals surface area contributed by atoms with Crippen LogP contribution in [-0.4, -0.2) is 54.5 Å². The summed E-state index contributed by atoms with van der Waals surface area (Å²) in [5, 5.41) is 0. The second-order valence-corrected chi connectivity index (χ2v) is 6.82. The van der Waals surface area contributed by atoms with Crippen LogP contribution in [0.2, 0.25) is 0 Å². The van der Waals surface area contributed by atoms with Gasteiger partial charge in [-0.3, -0.25) is 4.79 Å². The van der Waals surface area contributed by atoms with Crippen LogP contribution in [0.15, 0.2) is 24.3 Å². The van der Waals surface area contributed by atoms with Gasteiger partial charge < -0.3 is 14.5 Å². The van der Waals surface area contributed by atoms with E-state index in [9.17, 15) is 9.18 Å². The van der Waals surface area contributed by atoms with Gasteiger partial charge in [0.25, 0.3) is 5.91 Å². The van der Waals surface area contributed by atoms with Gasteiger partial charge in [0, 0.05) is 19.1 Å². The van der Waals surface area contributed by atoms with Crippen LogP contribution in [0.4, 0.5) is 4.39 Å². The second-order valence-electron chi connectivity index (χ2n) is 6.82. The van der Waals surface area contributed by atoms with Crippen molar-refractivity contribution in [2.75, 3.05) is 32.8 Å². The fraction of sp³-hybridized carbons (Fsp3) is 0.632. The topological polar surface area (TPSA) is 32.8 Å². The van der Waals surface area contributed by atoms with E-state index in [1.54, 1.807) is 12.1 Å². The van der Waals surface area contributed by atoms with Crippen LogP contribution < -0.4 is 4.74 Å². The van der Waals surface area contributed by atoms with E-state index in [1.807, 2.05) is 4.90 Å². The van der Waals surface area contributed by atoms with Crippen molar-refractivity contribution >= 4 is 5.91 Å². The molecule has 5 heteroatoms. The third-order valence-corrected chi connectivity index (χ3v) is 5.10. The molecule has 0 spiro atoms. The lowest BCUT2D eigenvalue weighted by Crippen LogP contribution is -2.47. The third kappa shape index (κ3) is 4.69. The lowest BCUT2D eigenvalue weighted by Gasteiger charge is -2.36. The average Bonchev–Trinajstić information content (AvgIpc) is 3.13. The Kier molecular flexibility index (Phi) is 6.07. The summed E-state index contributed by atoms with van der Waals surface area (Å²) >= 11 is 0. The minimum absolute atomic E-state index is 0.0336. The Hall–Kier alpha value is -1.62. The molecule has 2 fully saturated rings. The van der Waals surface area contributed by atoms with Gasteiger partial charge in [-0.15, -0.1) is 0 Å². The van der Waals surface area contributed by atoms with Crippen LogP contribution in [-0.2, 0) is 4.79 Å². The quantitative estimate of drug-likeness (QED) is 0.801. The number of benzene rings is 1. The molecule has 2 aliphatic heterocycles. The van der Waals surface area contributed by atoms with Gasteiger partial charge in [0.2, 0.25) is 0 Å². The predicted molar refractivity (Wildman–Crippen MR) is 91.5 cm³/mol. The Morgan fingerprint density at radius 2 is 1.79 bits per heavy atom. The van der Waals surface area contributed by atoms with Crippen LogP contribution in [0.3, 0.4) is 0 Å². The number of hydrogen-bond acceptors (Lipinski definition) is 3. The predicted octanol–water partition coefficient (Wildman–Crippen LogP) is 3.07. The molecule has 132 valence electrons. The van der Waals surface area contributed by atoms with Gasteiger partial charge in [-0.05, 0) is 75.9 Å². The lowest BCUT2D eigenvalue weighted by atomic mass is 9.99. The monoisotopic (exact) mass is 334 g/mol. The highest BCUT2D eigenvalue weighted by Crippen LogP contribution is 2.21. The van der Waals surface area contributed by atoms with Crippen molar-refractivity contribution in [3.05, 3.63) is 30.1 Å². The maximum Gasteiger partial charge on any atom is 0.260 e. The maximum absolute atomic E-state index is 12.9. The van der Waals surface area contributed by atoms with E-state index in [1.165, 1.54) is 44.5 Å². The minimum Gasteiger partial charge on any atom is -0.484 e. The molecule has 1 aromatic carbocycles. The summed E-state index contributed by atoms with van der Waals surface area (Å²) in [4.78, 5) is 17.1. The third-order valence-electron chi connectivity index (χ3n) is 5.10. The number of piperidine rings is 1. The average molecular weight is 334 g/mol. The van der Waals surface area contributed by atoms with Crippen molar-refractivity contribution in [3.63, 3.8) is 0 Å². The minimum atomic E-state index is -0.299. The molecule has 0 N–H and O–H groups in total. The zero-order chi connectivity index (χ0) is 16.8. The molecular weight excluding hydrogens is 307 g/mol. The number of carbonyl (C=O) groups excluding carboxylic acids is 1. The standard InChI is InChI=1S/C19H27FN2O2/c20-16-6-8-18(9-7-16)24-15-19(23)22-13-2-1-5-17(22)10-14-21-11-3-4-12-21/h6-9,17H,1-5,10-15H2/t17-/m0/s1. The highest BCUT2D eigenvalue weighted by Gasteiger charge is 2.27. The van der Waals surface area contributed by atoms with Gasteiger partial charge in [0.15, 0.2) is 6.61 Å². The first kappa shape index (κ1) is 17.2. The summed E-state index contributed by atoms with van der Waals surface area (Å²) < 4.78 is 18.4. The van der Waals surface area contributed by atoms with E-state index in [0.717, 1.165) is 32.4 Å². The Labute approximate surface area is 143 Å². The van der Waals surface area contributed by atoms with Crippen molar-refractivity contribution in [2.24, 2.45) is 0 Å². The zero-order valence-corrected chi connectivity index (χ0v) is 14.3. The van der Waals surface area contributed by atoms with E-state index >= 15 is 0 Å². The van der Waals surface area contributed by atoms with Crippen molar-refractivity contribution in [1.82, 2.24) is 9.80 Å². The molecule has 2 heterocycles. The molecule has 4 nitrogen and oxygen atoms in total. The molecular formula is C19H27FN2O2. The van der Waals surface area contributed by atoms with Crippen molar-refractivity contribution in [2.45, 2.75) is 44.6 Å². The molecule has 0 aromatic heterocycles. The molecule has 3 rings (SSSR count). The summed E-state index contributed by atoms with van der Waals surface area (Å²) in [5.74, 6) is 0.285. The first-order chi connectivity index (χ1) is 11.7. The highest BCUT2D eigenvalue weighted by molar-refractivity contribution is 5.78. The summed E-state index contributed by atoms with van der Waals surface area (Å²) in [6.45, 7) is 4.36. The summed E-state index contributed by atoms with van der Waals surface area (Å²) in [6, 6.07) is 6.15. The Balaban J connectivity index is 1.49. The molecule has 1 atom stereocenters. The van der Waals surface area contributed by atoms with Crippen molar-refractivity contribution < 1.29 is 13.9 Å². The highest BCUT2D eigenvalue weighted by atomic mass is 19.1. The first-order valence-electron chi connectivity index (χ1n) is 9.12. The molecule has 0 radical (unpaired) electrons. The van der Waals surface area contributed by atoms with Gasteiger partial charge in [0.1, 0.15) is 11.6 Å². The largest absolute Gasteiger partial charge is 0.484 e. The van der Waals surface area contributed by atoms with E-state index < -0.39 is 0 Å². The molecule has 0 bridgehead atoms. The molecule has 2 aliphatic rings. The van der Waals surface area contributed by atoms with Crippen LogP contribution in [0, 0.1) is 5.82 Å². The molecule has 1 amide bonds. The number of nitrogens with zero attached hydrogens (tertiary/aromatic N) is 2. The number of likely N-dealkylation sites (tertiary alicyclic amines) is 2. The molecule has 2 saturated heterocycles. The van der Waals surface area contributed by atoms with Gasteiger partial charge in [-0.1, -0.05) is 0 Å². The Morgan fingerprint density at radius 3 is 2.54 bits per heavy atom. The summed E-state index contributed by atoms with van der Waals surface area (Å²) in [5.41, 5.74) is 0. The number of ether oxygens (including phenoxy) is 1. The Morgan fingerprint density at radius 1 is 1.08 bits per heavy atom. The molecule has 0 saturated carbocycles. The van der Waals surface area contributed by atoms with E-state index in [-0.39, 0.29) is 18.3 Å². The van der Waals surface area contributed by atoms with Gasteiger partial charge in [-0.25, -0.2) is 4.39 Å². The number of amides is 1. The van der Waals surface area contributed by atoms with Gasteiger partial charge >= 0.3 is 0 Å². The Bertz CT molecular complexity index is 529. The fourth-order valence-corrected chi connectivity index (χ4v) is 3.73. The van der Waals surface area contributed by atoms with Crippen LogP contribution in [0.5, 0.6) is 5.75 Å². The first-order valence-corrected chi connectivity index (χ1v) is 9.12. The zero-order valence-electron chi connectivity index (χ0n) is 14.3. The fourth-order valence-electron chi connectivity index (χ4n) is 3.73. The smallest absolute Gasteiger partial charge is 0.260 e. The molecule has 0 aliphatic carbocycles. The van der Waals surface area contributed by atoms with Crippen LogP contribution >= 0.6 is 0 Å². The number of rotatable bonds is 6. The SMILES string of the molecule is O=C(COc1ccc(F)cc1)N1CCCC[C@H]1CCN1CCCC1. The second kappa shape index (κ2) is 8.47. The van der Waals surface area contributed by atoms with E-state index in [2.05, 4.69) is 4.90 Å². The van der Waals surface area contributed by atoms with Crippen LogP contribution in [0.25, 0.3) is 0 Å². The summed E-state index contributed by atoms with van der Waals surface area (Å²) in [7, 11) is 0. The van der Waals surface area contributed by atoms with Gasteiger partial charge in [-0.2, -0.15) is 0 Å². The van der Waals surface area contributed by atoms with E-state index in [0.29, 0.717) is 11.8 Å². The molecule has 24 heavy (non-hydrogen) atoms. The normalized spacial score (nSPS) is 21.9. The van der Waals surface area contributed by atoms with Crippen LogP contribution in [0.1, 0.15) is 38.5 Å². The van der Waals surface area contributed by atoms with E-state index in [4.69, 9.17) is 4.74 Å². The molecule has 1 aromatic rings. The molecule has 0 unspecified atom stereocenters. The maximum atomic E-state index is 12.9. The summed E-state index contributed by atoms with van der Waals surface area (Å²) in [6.07, 6.45) is 7.03. The van der Waals surface area contributed by atoms with Crippen molar-refractivity contribution in [3.8, 4) is 5.75 Å². The lowest BCUT2D eigenvalue weighted by molar-refractivity contribution is -0.137. The number of carbonyl (C=O) groups is 1. The van der Waals surface area contributed by atoms with Crippen molar-refractivity contribution in [1.29, 1.82) is 0 Å². The number of halogens is 1. The number of hydrogen-bond donors (Lipinski definition) is 0. The van der Waals surface area contributed by atoms with Gasteiger partial charge in [0.05, 0.1) is 0 Å².